The summed E-state index contributed by atoms with van der Waals surface area (Å²) in [6, 6.07) is 13.8. The number of pyridine rings is 1. The second kappa shape index (κ2) is 16.0. The number of amides is 1. The second-order valence-electron chi connectivity index (χ2n) is 13.7. The molecule has 0 aliphatic carbocycles. The maximum Gasteiger partial charge on any atom is 0.410 e. The molecule has 3 aromatic rings. The first-order valence-electron chi connectivity index (χ1n) is 16.1. The molecule has 0 atom stereocenters. The average Bonchev–Trinajstić information content (AvgIpc) is 2.99. The second-order valence-corrected chi connectivity index (χ2v) is 13.7. The minimum absolute atomic E-state index is 0.174. The van der Waals surface area contributed by atoms with Crippen LogP contribution in [-0.2, 0) is 20.8 Å². The molecule has 1 aliphatic rings. The summed E-state index contributed by atoms with van der Waals surface area (Å²) in [5, 5.41) is 3.33. The lowest BCUT2D eigenvalue weighted by Gasteiger charge is -2.34. The fourth-order valence-corrected chi connectivity index (χ4v) is 4.90. The zero-order valence-corrected chi connectivity index (χ0v) is 28.8. The van der Waals surface area contributed by atoms with E-state index in [1.54, 1.807) is 24.3 Å². The van der Waals surface area contributed by atoms with E-state index in [1.165, 1.54) is 5.56 Å². The summed E-state index contributed by atoms with van der Waals surface area (Å²) in [5.74, 6) is 0.819. The Morgan fingerprint density at radius 1 is 0.915 bits per heavy atom. The fraction of sp³-hybridized carbons (Fsp3) is 0.514. The Morgan fingerprint density at radius 3 is 2.32 bits per heavy atom. The Balaban J connectivity index is 1.23. The molecule has 12 heteroatoms. The third-order valence-corrected chi connectivity index (χ3v) is 7.11. The van der Waals surface area contributed by atoms with Gasteiger partial charge in [-0.05, 0) is 77.8 Å². The number of aromatic nitrogens is 3. The molecule has 1 aliphatic heterocycles. The van der Waals surface area contributed by atoms with Crippen LogP contribution in [0.4, 0.5) is 16.4 Å². The SMILES string of the molecule is CN(CCCOc1ccc(-c2ccnc(Nc3cccc(CN4CCN(CC(=O)OC(C)(C)C)CC4)c3)n2)cn1)C(=O)OC(C)(C)C. The highest BCUT2D eigenvalue weighted by atomic mass is 16.6. The number of hydrogen-bond donors (Lipinski definition) is 1. The monoisotopic (exact) mass is 647 g/mol. The molecule has 1 amide bonds. The molecule has 12 nitrogen and oxygen atoms in total. The van der Waals surface area contributed by atoms with Crippen molar-refractivity contribution >= 4 is 23.7 Å². The largest absolute Gasteiger partial charge is 0.478 e. The molecule has 0 saturated carbocycles. The van der Waals surface area contributed by atoms with Crippen LogP contribution >= 0.6 is 0 Å². The molecule has 0 bridgehead atoms. The summed E-state index contributed by atoms with van der Waals surface area (Å²) in [6.07, 6.45) is 3.74. The normalized spacial score (nSPS) is 14.4. The Bertz CT molecular complexity index is 1460. The zero-order chi connectivity index (χ0) is 34.0. The van der Waals surface area contributed by atoms with E-state index in [1.807, 2.05) is 71.9 Å². The number of benzene rings is 1. The van der Waals surface area contributed by atoms with E-state index in [0.717, 1.165) is 49.7 Å². The van der Waals surface area contributed by atoms with Crippen LogP contribution in [0.1, 0.15) is 53.5 Å². The minimum atomic E-state index is -0.524. The van der Waals surface area contributed by atoms with E-state index < -0.39 is 11.2 Å². The topological polar surface area (TPSA) is 122 Å². The van der Waals surface area contributed by atoms with Crippen LogP contribution in [0, 0.1) is 0 Å². The quantitative estimate of drug-likeness (QED) is 0.202. The molecular formula is C35H49N7O5. The van der Waals surface area contributed by atoms with Crippen molar-refractivity contribution in [2.45, 2.75) is 65.7 Å². The van der Waals surface area contributed by atoms with Gasteiger partial charge in [-0.3, -0.25) is 14.6 Å². The Morgan fingerprint density at radius 2 is 1.64 bits per heavy atom. The highest BCUT2D eigenvalue weighted by molar-refractivity contribution is 5.72. The van der Waals surface area contributed by atoms with Crippen molar-refractivity contribution in [1.82, 2.24) is 29.7 Å². The number of nitrogens with zero attached hydrogens (tertiary/aromatic N) is 6. The van der Waals surface area contributed by atoms with Gasteiger partial charge < -0.3 is 24.4 Å². The van der Waals surface area contributed by atoms with Gasteiger partial charge in [0.2, 0.25) is 11.8 Å². The lowest BCUT2D eigenvalue weighted by Crippen LogP contribution is -2.48. The Hall–Kier alpha value is -4.29. The van der Waals surface area contributed by atoms with Gasteiger partial charge in [0, 0.05) is 76.0 Å². The van der Waals surface area contributed by atoms with Crippen LogP contribution in [0.5, 0.6) is 5.88 Å². The molecule has 1 saturated heterocycles. The van der Waals surface area contributed by atoms with Crippen LogP contribution in [-0.4, -0.2) is 106 Å². The van der Waals surface area contributed by atoms with E-state index in [9.17, 15) is 9.59 Å². The number of nitrogens with one attached hydrogen (secondary N) is 1. The van der Waals surface area contributed by atoms with Crippen molar-refractivity contribution in [3.05, 3.63) is 60.4 Å². The fourth-order valence-electron chi connectivity index (χ4n) is 4.90. The van der Waals surface area contributed by atoms with Crippen LogP contribution in [0.25, 0.3) is 11.3 Å². The van der Waals surface area contributed by atoms with Gasteiger partial charge in [-0.1, -0.05) is 12.1 Å². The summed E-state index contributed by atoms with van der Waals surface area (Å²) < 4.78 is 16.6. The molecule has 1 fully saturated rings. The number of ether oxygens (including phenoxy) is 3. The number of rotatable bonds is 12. The number of carbonyl (C=O) groups is 2. The maximum absolute atomic E-state index is 12.2. The summed E-state index contributed by atoms with van der Waals surface area (Å²) in [7, 11) is 1.71. The number of piperazine rings is 1. The summed E-state index contributed by atoms with van der Waals surface area (Å²) in [4.78, 5) is 43.9. The van der Waals surface area contributed by atoms with Gasteiger partial charge in [0.1, 0.15) is 11.2 Å². The summed E-state index contributed by atoms with van der Waals surface area (Å²) >= 11 is 0. The lowest BCUT2D eigenvalue weighted by atomic mass is 10.1. The molecule has 2 aromatic heterocycles. The first-order valence-corrected chi connectivity index (χ1v) is 16.1. The average molecular weight is 648 g/mol. The molecule has 3 heterocycles. The third-order valence-electron chi connectivity index (χ3n) is 7.11. The molecule has 1 aromatic carbocycles. The Labute approximate surface area is 278 Å². The number of hydrogen-bond acceptors (Lipinski definition) is 11. The maximum atomic E-state index is 12.2. The molecule has 0 radical (unpaired) electrons. The van der Waals surface area contributed by atoms with Crippen molar-refractivity contribution < 1.29 is 23.8 Å². The zero-order valence-electron chi connectivity index (χ0n) is 28.8. The summed E-state index contributed by atoms with van der Waals surface area (Å²) in [5.41, 5.74) is 2.68. The van der Waals surface area contributed by atoms with E-state index >= 15 is 0 Å². The molecule has 47 heavy (non-hydrogen) atoms. The molecule has 254 valence electrons. The van der Waals surface area contributed by atoms with E-state index in [-0.39, 0.29) is 12.1 Å². The van der Waals surface area contributed by atoms with Gasteiger partial charge in [0.25, 0.3) is 0 Å². The van der Waals surface area contributed by atoms with Crippen LogP contribution in [0.3, 0.4) is 0 Å². The van der Waals surface area contributed by atoms with Crippen LogP contribution in [0.15, 0.2) is 54.9 Å². The Kier molecular flexibility index (Phi) is 12.1. The van der Waals surface area contributed by atoms with Gasteiger partial charge in [-0.15, -0.1) is 0 Å². The lowest BCUT2D eigenvalue weighted by molar-refractivity contribution is -0.156. The van der Waals surface area contributed by atoms with Crippen molar-refractivity contribution in [1.29, 1.82) is 0 Å². The van der Waals surface area contributed by atoms with Gasteiger partial charge >= 0.3 is 12.1 Å². The standard InChI is InChI=1S/C35H49N7O5/c1-34(2,3)46-31(43)25-42-19-17-41(18-20-42)24-26-10-8-11-28(22-26)38-32-36-15-14-29(39-32)27-12-13-30(37-23-27)45-21-9-16-40(7)33(44)47-35(4,5)6/h8,10-15,22-23H,9,16-21,24-25H2,1-7H3,(H,36,38,39). The van der Waals surface area contributed by atoms with Crippen molar-refractivity contribution in [3.63, 3.8) is 0 Å². The molecular weight excluding hydrogens is 598 g/mol. The highest BCUT2D eigenvalue weighted by Crippen LogP contribution is 2.22. The van der Waals surface area contributed by atoms with E-state index in [2.05, 4.69) is 37.2 Å². The van der Waals surface area contributed by atoms with Gasteiger partial charge in [0.15, 0.2) is 0 Å². The molecule has 1 N–H and O–H groups in total. The molecule has 0 unspecified atom stereocenters. The highest BCUT2D eigenvalue weighted by Gasteiger charge is 2.23. The van der Waals surface area contributed by atoms with E-state index in [0.29, 0.717) is 37.9 Å². The van der Waals surface area contributed by atoms with E-state index in [4.69, 9.17) is 19.2 Å². The number of anilines is 2. The number of esters is 1. The van der Waals surface area contributed by atoms with Crippen LogP contribution < -0.4 is 10.1 Å². The minimum Gasteiger partial charge on any atom is -0.478 e. The van der Waals surface area contributed by atoms with Crippen molar-refractivity contribution in [2.75, 3.05) is 58.2 Å². The van der Waals surface area contributed by atoms with Gasteiger partial charge in [-0.25, -0.2) is 19.7 Å². The van der Waals surface area contributed by atoms with Gasteiger partial charge in [-0.2, -0.15) is 0 Å². The third kappa shape index (κ3) is 12.4. The predicted molar refractivity (Wildman–Crippen MR) is 182 cm³/mol. The molecule has 4 rings (SSSR count). The van der Waals surface area contributed by atoms with Gasteiger partial charge in [0.05, 0.1) is 18.8 Å². The first kappa shape index (κ1) is 35.6. The summed E-state index contributed by atoms with van der Waals surface area (Å²) in [6.45, 7) is 16.7. The smallest absolute Gasteiger partial charge is 0.410 e. The number of carbonyl (C=O) groups excluding carboxylic acids is 2. The molecule has 0 spiro atoms. The van der Waals surface area contributed by atoms with Crippen LogP contribution in [0.2, 0.25) is 0 Å². The van der Waals surface area contributed by atoms with Crippen molar-refractivity contribution in [3.8, 4) is 17.1 Å². The van der Waals surface area contributed by atoms with Crippen molar-refractivity contribution in [2.24, 2.45) is 0 Å². The predicted octanol–water partition coefficient (Wildman–Crippen LogP) is 5.38. The first-order chi connectivity index (χ1) is 22.2.